The van der Waals surface area contributed by atoms with E-state index in [9.17, 15) is 5.11 Å². The summed E-state index contributed by atoms with van der Waals surface area (Å²) in [6, 6.07) is 6.23. The quantitative estimate of drug-likeness (QED) is 0.885. The maximum absolute atomic E-state index is 10.7. The highest BCUT2D eigenvalue weighted by Crippen LogP contribution is 2.35. The number of rotatable bonds is 4. The van der Waals surface area contributed by atoms with E-state index >= 15 is 0 Å². The highest BCUT2D eigenvalue weighted by atomic mass is 16.5. The molecule has 2 nitrogen and oxygen atoms in total. The number of hydrogen-bond acceptors (Lipinski definition) is 2. The molecule has 2 unspecified atom stereocenters. The van der Waals surface area contributed by atoms with Crippen LogP contribution in [0.25, 0.3) is 0 Å². The van der Waals surface area contributed by atoms with Gasteiger partial charge in [0.25, 0.3) is 0 Å². The Bertz CT molecular complexity index is 414. The Morgan fingerprint density at radius 3 is 2.83 bits per heavy atom. The zero-order chi connectivity index (χ0) is 13.2. The molecule has 0 amide bonds. The van der Waals surface area contributed by atoms with E-state index in [0.29, 0.717) is 5.92 Å². The van der Waals surface area contributed by atoms with Gasteiger partial charge in [0.15, 0.2) is 0 Å². The van der Waals surface area contributed by atoms with E-state index in [0.717, 1.165) is 37.9 Å². The molecule has 0 radical (unpaired) electrons. The molecule has 18 heavy (non-hydrogen) atoms. The Hall–Kier alpha value is -1.02. The van der Waals surface area contributed by atoms with Crippen molar-refractivity contribution in [2.45, 2.75) is 51.6 Å². The summed E-state index contributed by atoms with van der Waals surface area (Å²) in [6.07, 6.45) is 4.67. The minimum atomic E-state index is -0.519. The van der Waals surface area contributed by atoms with Crippen LogP contribution in [0, 0.1) is 5.92 Å². The van der Waals surface area contributed by atoms with Gasteiger partial charge in [0, 0.05) is 6.42 Å². The normalized spacial score (nSPS) is 24.4. The van der Waals surface area contributed by atoms with Crippen LogP contribution in [0.3, 0.4) is 0 Å². The smallest absolute Gasteiger partial charge is 0.119 e. The standard InChI is InChI=1S/C16H24O2/c1-4-12(2)10-16(17)8-7-13-5-6-15(18-3)9-14(13)11-16/h5-6,9,12,17H,4,7-8,10-11H2,1-3H3. The molecule has 1 aromatic carbocycles. The Balaban J connectivity index is 2.17. The van der Waals surface area contributed by atoms with Crippen LogP contribution in [0.5, 0.6) is 5.75 Å². The molecule has 0 heterocycles. The van der Waals surface area contributed by atoms with Crippen molar-refractivity contribution in [3.8, 4) is 5.75 Å². The van der Waals surface area contributed by atoms with E-state index in [4.69, 9.17) is 4.74 Å². The molecule has 0 aromatic heterocycles. The monoisotopic (exact) mass is 248 g/mol. The first kappa shape index (κ1) is 13.4. The zero-order valence-corrected chi connectivity index (χ0v) is 11.7. The SMILES string of the molecule is CCC(C)CC1(O)CCc2ccc(OC)cc2C1. The second kappa shape index (κ2) is 5.31. The van der Waals surface area contributed by atoms with Gasteiger partial charge >= 0.3 is 0 Å². The third-order valence-electron chi connectivity index (χ3n) is 4.22. The molecule has 2 heteroatoms. The van der Waals surface area contributed by atoms with Crippen LogP contribution in [0.4, 0.5) is 0 Å². The highest BCUT2D eigenvalue weighted by molar-refractivity contribution is 5.38. The van der Waals surface area contributed by atoms with Crippen LogP contribution in [0.2, 0.25) is 0 Å². The number of fused-ring (bicyclic) bond motifs is 1. The van der Waals surface area contributed by atoms with E-state index in [2.05, 4.69) is 26.0 Å². The summed E-state index contributed by atoms with van der Waals surface area (Å²) in [6.45, 7) is 4.41. The Labute approximate surface area is 110 Å². The van der Waals surface area contributed by atoms with Crippen LogP contribution in [0.1, 0.15) is 44.2 Å². The first-order valence-corrected chi connectivity index (χ1v) is 6.94. The van der Waals surface area contributed by atoms with Gasteiger partial charge in [-0.1, -0.05) is 26.3 Å². The Kier molecular flexibility index (Phi) is 3.96. The van der Waals surface area contributed by atoms with Gasteiger partial charge in [0.05, 0.1) is 12.7 Å². The number of methoxy groups -OCH3 is 1. The Morgan fingerprint density at radius 1 is 1.39 bits per heavy atom. The van der Waals surface area contributed by atoms with E-state index < -0.39 is 5.60 Å². The molecule has 2 rings (SSSR count). The predicted octanol–water partition coefficient (Wildman–Crippen LogP) is 3.35. The van der Waals surface area contributed by atoms with Crippen molar-refractivity contribution in [1.82, 2.24) is 0 Å². The molecule has 0 saturated carbocycles. The van der Waals surface area contributed by atoms with Crippen LogP contribution in [-0.2, 0) is 12.8 Å². The topological polar surface area (TPSA) is 29.5 Å². The van der Waals surface area contributed by atoms with Gasteiger partial charge < -0.3 is 9.84 Å². The molecule has 0 saturated heterocycles. The molecule has 0 bridgehead atoms. The number of benzene rings is 1. The van der Waals surface area contributed by atoms with Crippen LogP contribution in [-0.4, -0.2) is 17.8 Å². The molecule has 1 aliphatic carbocycles. The fourth-order valence-corrected chi connectivity index (χ4v) is 2.92. The number of hydrogen-bond donors (Lipinski definition) is 1. The molecule has 1 aromatic rings. The summed E-state index contributed by atoms with van der Waals surface area (Å²) >= 11 is 0. The van der Waals surface area contributed by atoms with E-state index in [1.165, 1.54) is 11.1 Å². The summed E-state index contributed by atoms with van der Waals surface area (Å²) in [7, 11) is 1.69. The second-order valence-corrected chi connectivity index (χ2v) is 5.75. The maximum Gasteiger partial charge on any atom is 0.119 e. The van der Waals surface area contributed by atoms with Gasteiger partial charge in [-0.25, -0.2) is 0 Å². The van der Waals surface area contributed by atoms with Crippen molar-refractivity contribution in [2.24, 2.45) is 5.92 Å². The minimum absolute atomic E-state index is 0.519. The highest BCUT2D eigenvalue weighted by Gasteiger charge is 2.33. The van der Waals surface area contributed by atoms with Gasteiger partial charge in [-0.05, 0) is 48.4 Å². The lowest BCUT2D eigenvalue weighted by Gasteiger charge is -2.35. The molecule has 1 aliphatic rings. The summed E-state index contributed by atoms with van der Waals surface area (Å²) in [5, 5.41) is 10.7. The van der Waals surface area contributed by atoms with Gasteiger partial charge in [-0.3, -0.25) is 0 Å². The lowest BCUT2D eigenvalue weighted by molar-refractivity contribution is 0.00420. The van der Waals surface area contributed by atoms with Gasteiger partial charge in [-0.15, -0.1) is 0 Å². The lowest BCUT2D eigenvalue weighted by atomic mass is 9.75. The zero-order valence-electron chi connectivity index (χ0n) is 11.7. The van der Waals surface area contributed by atoms with Crippen LogP contribution < -0.4 is 4.74 Å². The van der Waals surface area contributed by atoms with Crippen molar-refractivity contribution < 1.29 is 9.84 Å². The molecule has 2 atom stereocenters. The summed E-state index contributed by atoms with van der Waals surface area (Å²) in [5.41, 5.74) is 2.10. The first-order valence-electron chi connectivity index (χ1n) is 6.94. The van der Waals surface area contributed by atoms with Crippen LogP contribution in [0.15, 0.2) is 18.2 Å². The second-order valence-electron chi connectivity index (χ2n) is 5.75. The minimum Gasteiger partial charge on any atom is -0.497 e. The van der Waals surface area contributed by atoms with Gasteiger partial charge in [0.1, 0.15) is 5.75 Å². The molecule has 0 spiro atoms. The van der Waals surface area contributed by atoms with Crippen LogP contribution >= 0.6 is 0 Å². The van der Waals surface area contributed by atoms with E-state index in [1.807, 2.05) is 6.07 Å². The molecular formula is C16H24O2. The van der Waals surface area contributed by atoms with Crippen molar-refractivity contribution in [1.29, 1.82) is 0 Å². The van der Waals surface area contributed by atoms with E-state index in [-0.39, 0.29) is 0 Å². The molecule has 1 N–H and O–H groups in total. The molecule has 100 valence electrons. The summed E-state index contributed by atoms with van der Waals surface area (Å²) < 4.78 is 5.27. The molecule has 0 aliphatic heterocycles. The molecule has 0 fully saturated rings. The largest absolute Gasteiger partial charge is 0.497 e. The third kappa shape index (κ3) is 2.86. The third-order valence-corrected chi connectivity index (χ3v) is 4.22. The fourth-order valence-electron chi connectivity index (χ4n) is 2.92. The summed E-state index contributed by atoms with van der Waals surface area (Å²) in [4.78, 5) is 0. The van der Waals surface area contributed by atoms with E-state index in [1.54, 1.807) is 7.11 Å². The fraction of sp³-hybridized carbons (Fsp3) is 0.625. The number of aryl methyl sites for hydroxylation is 1. The maximum atomic E-state index is 10.7. The Morgan fingerprint density at radius 2 is 2.17 bits per heavy atom. The van der Waals surface area contributed by atoms with Gasteiger partial charge in [0.2, 0.25) is 0 Å². The van der Waals surface area contributed by atoms with Crippen molar-refractivity contribution in [3.05, 3.63) is 29.3 Å². The van der Waals surface area contributed by atoms with Crippen molar-refractivity contribution in [3.63, 3.8) is 0 Å². The van der Waals surface area contributed by atoms with Gasteiger partial charge in [-0.2, -0.15) is 0 Å². The van der Waals surface area contributed by atoms with Crippen molar-refractivity contribution in [2.75, 3.05) is 7.11 Å². The average Bonchev–Trinajstić information content (AvgIpc) is 2.37. The van der Waals surface area contributed by atoms with Crippen molar-refractivity contribution >= 4 is 0 Å². The average molecular weight is 248 g/mol. The predicted molar refractivity (Wildman–Crippen MR) is 74.0 cm³/mol. The summed E-state index contributed by atoms with van der Waals surface area (Å²) in [5.74, 6) is 1.48. The number of aliphatic hydroxyl groups is 1. The number of ether oxygens (including phenoxy) is 1. The lowest BCUT2D eigenvalue weighted by Crippen LogP contribution is -2.37. The first-order chi connectivity index (χ1) is 8.56. The molecular weight excluding hydrogens is 224 g/mol.